The fourth-order valence-electron chi connectivity index (χ4n) is 3.24. The Kier molecular flexibility index (Phi) is 5.87. The number of hydrogen-bond acceptors (Lipinski definition) is 2. The highest BCUT2D eigenvalue weighted by Gasteiger charge is 2.20. The lowest BCUT2D eigenvalue weighted by Gasteiger charge is -2.30. The molecule has 2 rings (SSSR count). The summed E-state index contributed by atoms with van der Waals surface area (Å²) < 4.78 is 0. The maximum Gasteiger partial charge on any atom is 0.00924 e. The molecule has 0 heterocycles. The summed E-state index contributed by atoms with van der Waals surface area (Å²) in [6.07, 6.45) is 8.36. The van der Waals surface area contributed by atoms with Gasteiger partial charge in [0.05, 0.1) is 0 Å². The van der Waals surface area contributed by atoms with Crippen LogP contribution in [0.5, 0.6) is 0 Å². The Morgan fingerprint density at radius 1 is 1.11 bits per heavy atom. The van der Waals surface area contributed by atoms with E-state index in [1.807, 2.05) is 0 Å². The van der Waals surface area contributed by atoms with Gasteiger partial charge in [0.2, 0.25) is 0 Å². The summed E-state index contributed by atoms with van der Waals surface area (Å²) in [4.78, 5) is 2.55. The molecule has 1 saturated carbocycles. The fraction of sp³-hybridized carbons (Fsp3) is 0.647. The van der Waals surface area contributed by atoms with Gasteiger partial charge in [0.1, 0.15) is 0 Å². The van der Waals surface area contributed by atoms with Crippen LogP contribution >= 0.6 is 0 Å². The molecule has 2 nitrogen and oxygen atoms in total. The van der Waals surface area contributed by atoms with Crippen molar-refractivity contribution >= 4 is 0 Å². The Morgan fingerprint density at radius 2 is 1.74 bits per heavy atom. The predicted octanol–water partition coefficient (Wildman–Crippen LogP) is 3.38. The van der Waals surface area contributed by atoms with Crippen LogP contribution in [0.2, 0.25) is 0 Å². The Labute approximate surface area is 118 Å². The van der Waals surface area contributed by atoms with Crippen molar-refractivity contribution in [2.75, 3.05) is 20.1 Å². The van der Waals surface area contributed by atoms with E-state index >= 15 is 0 Å². The quantitative estimate of drug-likeness (QED) is 0.822. The normalized spacial score (nSPS) is 19.3. The lowest BCUT2D eigenvalue weighted by molar-refractivity contribution is 0.209. The minimum atomic E-state index is 0.467. The third kappa shape index (κ3) is 4.32. The molecule has 0 amide bonds. The highest BCUT2D eigenvalue weighted by atomic mass is 15.1. The van der Waals surface area contributed by atoms with Gasteiger partial charge in [0, 0.05) is 25.0 Å². The number of nitrogens with zero attached hydrogens (tertiary/aromatic N) is 1. The molecule has 0 saturated heterocycles. The molecule has 0 radical (unpaired) electrons. The lowest BCUT2D eigenvalue weighted by Crippen LogP contribution is -2.36. The van der Waals surface area contributed by atoms with Crippen LogP contribution in [0.1, 0.15) is 50.0 Å². The molecule has 19 heavy (non-hydrogen) atoms. The van der Waals surface area contributed by atoms with Gasteiger partial charge >= 0.3 is 0 Å². The minimum absolute atomic E-state index is 0.467. The van der Waals surface area contributed by atoms with Gasteiger partial charge in [-0.2, -0.15) is 0 Å². The molecule has 1 fully saturated rings. The van der Waals surface area contributed by atoms with E-state index in [1.54, 1.807) is 0 Å². The molecular formula is C17H28N2. The molecule has 0 bridgehead atoms. The molecule has 1 aliphatic rings. The van der Waals surface area contributed by atoms with Crippen LogP contribution in [-0.4, -0.2) is 31.1 Å². The van der Waals surface area contributed by atoms with Gasteiger partial charge in [-0.3, -0.25) is 0 Å². The maximum absolute atomic E-state index is 5.99. The molecule has 2 heteroatoms. The second-order valence-corrected chi connectivity index (χ2v) is 5.93. The summed E-state index contributed by atoms with van der Waals surface area (Å²) in [5.74, 6) is 0.467. The molecular weight excluding hydrogens is 232 g/mol. The van der Waals surface area contributed by atoms with Crippen molar-refractivity contribution in [2.45, 2.75) is 50.5 Å². The van der Waals surface area contributed by atoms with Gasteiger partial charge in [-0.05, 0) is 25.5 Å². The summed E-state index contributed by atoms with van der Waals surface area (Å²) in [6, 6.07) is 11.5. The highest BCUT2D eigenvalue weighted by molar-refractivity contribution is 5.20. The summed E-state index contributed by atoms with van der Waals surface area (Å²) in [6.45, 7) is 1.83. The molecule has 1 aliphatic carbocycles. The maximum atomic E-state index is 5.99. The number of hydrogen-bond donors (Lipinski definition) is 1. The topological polar surface area (TPSA) is 29.3 Å². The minimum Gasteiger partial charge on any atom is -0.330 e. The van der Waals surface area contributed by atoms with E-state index in [1.165, 1.54) is 44.1 Å². The van der Waals surface area contributed by atoms with Crippen molar-refractivity contribution in [1.29, 1.82) is 0 Å². The van der Waals surface area contributed by atoms with Crippen LogP contribution in [0.15, 0.2) is 30.3 Å². The van der Waals surface area contributed by atoms with Crippen LogP contribution in [0.4, 0.5) is 0 Å². The van der Waals surface area contributed by atoms with Gasteiger partial charge in [0.25, 0.3) is 0 Å². The number of rotatable bonds is 5. The number of likely N-dealkylation sites (N-methyl/N-ethyl adjacent to an activating group) is 1. The third-order valence-electron chi connectivity index (χ3n) is 4.51. The Bertz CT molecular complexity index is 342. The first-order chi connectivity index (χ1) is 9.31. The molecule has 1 unspecified atom stereocenters. The van der Waals surface area contributed by atoms with Crippen LogP contribution in [0.25, 0.3) is 0 Å². The van der Waals surface area contributed by atoms with E-state index in [0.717, 1.165) is 19.1 Å². The smallest absolute Gasteiger partial charge is 0.00924 e. The highest BCUT2D eigenvalue weighted by Crippen LogP contribution is 2.23. The first-order valence-electron chi connectivity index (χ1n) is 7.76. The molecule has 106 valence electrons. The molecule has 2 N–H and O–H groups in total. The van der Waals surface area contributed by atoms with Crippen LogP contribution in [0.3, 0.4) is 0 Å². The second kappa shape index (κ2) is 7.66. The van der Waals surface area contributed by atoms with Crippen molar-refractivity contribution in [3.8, 4) is 0 Å². The Morgan fingerprint density at radius 3 is 2.32 bits per heavy atom. The molecule has 1 aromatic carbocycles. The fourth-order valence-corrected chi connectivity index (χ4v) is 3.24. The van der Waals surface area contributed by atoms with Gasteiger partial charge in [0.15, 0.2) is 0 Å². The summed E-state index contributed by atoms with van der Waals surface area (Å²) in [5.41, 5.74) is 7.37. The monoisotopic (exact) mass is 260 g/mol. The van der Waals surface area contributed by atoms with Gasteiger partial charge < -0.3 is 10.6 Å². The average molecular weight is 260 g/mol. The third-order valence-corrected chi connectivity index (χ3v) is 4.51. The van der Waals surface area contributed by atoms with Crippen molar-refractivity contribution in [3.05, 3.63) is 35.9 Å². The standard InChI is InChI=1S/C17H28N2/c1-19(17-11-7-2-3-8-12-17)14-16(13-18)15-9-5-4-6-10-15/h4-6,9-10,16-17H,2-3,7-8,11-14,18H2,1H3. The van der Waals surface area contributed by atoms with Gasteiger partial charge in [-0.1, -0.05) is 56.0 Å². The average Bonchev–Trinajstić information content (AvgIpc) is 2.74. The van der Waals surface area contributed by atoms with Crippen molar-refractivity contribution < 1.29 is 0 Å². The zero-order valence-corrected chi connectivity index (χ0v) is 12.2. The SMILES string of the molecule is CN(CC(CN)c1ccccc1)C1CCCCCC1. The summed E-state index contributed by atoms with van der Waals surface area (Å²) in [7, 11) is 2.28. The van der Waals surface area contributed by atoms with Crippen molar-refractivity contribution in [1.82, 2.24) is 4.90 Å². The zero-order chi connectivity index (χ0) is 13.5. The number of nitrogens with two attached hydrogens (primary N) is 1. The number of benzene rings is 1. The van der Waals surface area contributed by atoms with Crippen LogP contribution in [0, 0.1) is 0 Å². The van der Waals surface area contributed by atoms with Crippen molar-refractivity contribution in [3.63, 3.8) is 0 Å². The largest absolute Gasteiger partial charge is 0.330 e. The van der Waals surface area contributed by atoms with Gasteiger partial charge in [-0.15, -0.1) is 0 Å². The lowest BCUT2D eigenvalue weighted by atomic mass is 9.97. The molecule has 1 aromatic rings. The Hall–Kier alpha value is -0.860. The van der Waals surface area contributed by atoms with E-state index in [2.05, 4.69) is 42.3 Å². The molecule has 0 spiro atoms. The molecule has 0 aliphatic heterocycles. The van der Waals surface area contributed by atoms with E-state index in [9.17, 15) is 0 Å². The van der Waals surface area contributed by atoms with Crippen LogP contribution < -0.4 is 5.73 Å². The van der Waals surface area contributed by atoms with Crippen LogP contribution in [-0.2, 0) is 0 Å². The van der Waals surface area contributed by atoms with Gasteiger partial charge in [-0.25, -0.2) is 0 Å². The predicted molar refractivity (Wildman–Crippen MR) is 82.4 cm³/mol. The molecule has 0 aromatic heterocycles. The van der Waals surface area contributed by atoms with Crippen molar-refractivity contribution in [2.24, 2.45) is 5.73 Å². The summed E-state index contributed by atoms with van der Waals surface area (Å²) >= 11 is 0. The first kappa shape index (κ1) is 14.5. The van der Waals surface area contributed by atoms with E-state index in [-0.39, 0.29) is 0 Å². The first-order valence-corrected chi connectivity index (χ1v) is 7.76. The van der Waals surface area contributed by atoms with E-state index in [0.29, 0.717) is 5.92 Å². The van der Waals surface area contributed by atoms with E-state index < -0.39 is 0 Å². The zero-order valence-electron chi connectivity index (χ0n) is 12.2. The second-order valence-electron chi connectivity index (χ2n) is 5.93. The summed E-state index contributed by atoms with van der Waals surface area (Å²) in [5, 5.41) is 0. The van der Waals surface area contributed by atoms with E-state index in [4.69, 9.17) is 5.73 Å². The molecule has 1 atom stereocenters. The Balaban J connectivity index is 1.93.